The van der Waals surface area contributed by atoms with Crippen molar-refractivity contribution in [2.75, 3.05) is 24.5 Å². The second-order valence-electron chi connectivity index (χ2n) is 11.9. The van der Waals surface area contributed by atoms with Crippen LogP contribution in [0.15, 0.2) is 36.5 Å². The Kier molecular flexibility index (Phi) is 6.40. The van der Waals surface area contributed by atoms with Gasteiger partial charge in [-0.05, 0) is 50.6 Å². The predicted octanol–water partition coefficient (Wildman–Crippen LogP) is 4.71. The summed E-state index contributed by atoms with van der Waals surface area (Å²) >= 11 is 0. The molecular weight excluding hydrogens is 553 g/mol. The van der Waals surface area contributed by atoms with E-state index in [1.165, 1.54) is 28.1 Å². The molecule has 3 heterocycles. The monoisotopic (exact) mass is 580 g/mol. The number of halogens is 3. The number of hydrogen-bond donors (Lipinski definition) is 1. The van der Waals surface area contributed by atoms with Gasteiger partial charge in [0.15, 0.2) is 0 Å². The Morgan fingerprint density at radius 2 is 1.88 bits per heavy atom. The first-order valence-corrected chi connectivity index (χ1v) is 13.4. The molecule has 1 N–H and O–H groups in total. The predicted molar refractivity (Wildman–Crippen MR) is 142 cm³/mol. The maximum absolute atomic E-state index is 15.7. The number of H-pyrrole nitrogens is 1. The van der Waals surface area contributed by atoms with Crippen LogP contribution in [0, 0.1) is 40.6 Å². The van der Waals surface area contributed by atoms with Crippen LogP contribution in [0.2, 0.25) is 0 Å². The lowest BCUT2D eigenvalue weighted by Crippen LogP contribution is -2.39. The number of amides is 2. The number of hydrogen-bond acceptors (Lipinski definition) is 7. The molecular formula is C29H27F3N6O4. The molecule has 1 saturated carbocycles. The minimum absolute atomic E-state index is 0.0926. The number of carbonyl (C=O) groups excluding carboxylic acids is 2. The number of piperidine rings is 1. The number of nitriles is 1. The van der Waals surface area contributed by atoms with Crippen molar-refractivity contribution in [3.05, 3.63) is 65.2 Å². The van der Waals surface area contributed by atoms with Crippen LogP contribution < -0.4 is 4.90 Å². The van der Waals surface area contributed by atoms with E-state index < -0.39 is 58.6 Å². The standard InChI is InChI=1S/C29H27F3N6O4/c1-28(2,3)42-26(39)37-12-21-22(13-37)29(21,14-33)25-20(6-15(30)7-24(25)32)19-5-4-17(9-23(19)31)38-11-18(41-27(38)40)8-16-10-34-36-35-16/h4-7,9-10,18,21-22H,8,11-13H2,1-3H3,(H,34,35,36)/t18-,21+,22?,29-/m1/s1. The Morgan fingerprint density at radius 1 is 1.14 bits per heavy atom. The quantitative estimate of drug-likeness (QED) is 0.463. The smallest absolute Gasteiger partial charge is 0.414 e. The van der Waals surface area contributed by atoms with Gasteiger partial charge in [-0.3, -0.25) is 10.00 Å². The number of benzene rings is 2. The van der Waals surface area contributed by atoms with Gasteiger partial charge in [0.2, 0.25) is 0 Å². The molecule has 0 radical (unpaired) electrons. The molecule has 0 spiro atoms. The summed E-state index contributed by atoms with van der Waals surface area (Å²) < 4.78 is 56.5. The Balaban J connectivity index is 1.28. The molecule has 4 atom stereocenters. The van der Waals surface area contributed by atoms with Crippen molar-refractivity contribution in [2.45, 2.75) is 44.3 Å². The molecule has 3 aromatic rings. The number of fused-ring (bicyclic) bond motifs is 1. The fourth-order valence-electron chi connectivity index (χ4n) is 6.20. The van der Waals surface area contributed by atoms with Crippen molar-refractivity contribution in [3.8, 4) is 17.2 Å². The number of likely N-dealkylation sites (tertiary alicyclic amines) is 1. The molecule has 3 aliphatic rings. The highest BCUT2D eigenvalue weighted by Gasteiger charge is 2.72. The largest absolute Gasteiger partial charge is 0.444 e. The molecule has 2 aliphatic heterocycles. The van der Waals surface area contributed by atoms with Crippen LogP contribution in [-0.4, -0.2) is 63.8 Å². The highest BCUT2D eigenvalue weighted by atomic mass is 19.1. The summed E-state index contributed by atoms with van der Waals surface area (Å²) in [4.78, 5) is 27.8. The van der Waals surface area contributed by atoms with Gasteiger partial charge < -0.3 is 14.4 Å². The first kappa shape index (κ1) is 27.6. The van der Waals surface area contributed by atoms with E-state index in [1.807, 2.05) is 0 Å². The molecule has 10 nitrogen and oxygen atoms in total. The van der Waals surface area contributed by atoms with Crippen LogP contribution >= 0.6 is 0 Å². The molecule has 2 amide bonds. The molecule has 218 valence electrons. The number of rotatable bonds is 5. The average Bonchev–Trinajstić information content (AvgIpc) is 3.42. The maximum Gasteiger partial charge on any atom is 0.414 e. The first-order valence-electron chi connectivity index (χ1n) is 13.4. The molecule has 1 aromatic heterocycles. The van der Waals surface area contributed by atoms with Gasteiger partial charge in [0.25, 0.3) is 0 Å². The maximum atomic E-state index is 15.7. The Hall–Kier alpha value is -4.60. The van der Waals surface area contributed by atoms with Crippen LogP contribution in [0.3, 0.4) is 0 Å². The summed E-state index contributed by atoms with van der Waals surface area (Å²) in [6.45, 7) is 5.67. The lowest BCUT2D eigenvalue weighted by Gasteiger charge is -2.28. The lowest BCUT2D eigenvalue weighted by atomic mass is 9.84. The Morgan fingerprint density at radius 3 is 2.50 bits per heavy atom. The number of nitrogens with one attached hydrogen (secondary N) is 1. The van der Waals surface area contributed by atoms with E-state index in [1.54, 1.807) is 20.8 Å². The van der Waals surface area contributed by atoms with Crippen LogP contribution in [0.4, 0.5) is 28.4 Å². The SMILES string of the molecule is CC(C)(C)OC(=O)N1CC2[C@H](C1)[C@@]2(C#N)c1c(F)cc(F)cc1-c1ccc(N2C[C@@H](Cc3cnn[nH]3)OC2=O)cc1F. The van der Waals surface area contributed by atoms with Crippen LogP contribution in [-0.2, 0) is 21.3 Å². The van der Waals surface area contributed by atoms with Gasteiger partial charge in [-0.15, -0.1) is 5.10 Å². The third kappa shape index (κ3) is 4.60. The van der Waals surface area contributed by atoms with E-state index in [0.717, 1.165) is 12.1 Å². The third-order valence-electron chi connectivity index (χ3n) is 8.03. The fourth-order valence-corrected chi connectivity index (χ4v) is 6.20. The summed E-state index contributed by atoms with van der Waals surface area (Å²) in [7, 11) is 0. The zero-order valence-electron chi connectivity index (χ0n) is 23.0. The second kappa shape index (κ2) is 9.75. The van der Waals surface area contributed by atoms with Crippen molar-refractivity contribution in [3.63, 3.8) is 0 Å². The lowest BCUT2D eigenvalue weighted by molar-refractivity contribution is 0.0266. The molecule has 2 saturated heterocycles. The topological polar surface area (TPSA) is 124 Å². The van der Waals surface area contributed by atoms with Gasteiger partial charge >= 0.3 is 12.2 Å². The summed E-state index contributed by atoms with van der Waals surface area (Å²) in [5.74, 6) is -3.59. The summed E-state index contributed by atoms with van der Waals surface area (Å²) in [5, 5.41) is 20.3. The van der Waals surface area contributed by atoms with Gasteiger partial charge in [-0.25, -0.2) is 22.8 Å². The molecule has 42 heavy (non-hydrogen) atoms. The van der Waals surface area contributed by atoms with Gasteiger partial charge in [-0.2, -0.15) is 5.26 Å². The van der Waals surface area contributed by atoms with Gasteiger partial charge in [0.05, 0.1) is 35.6 Å². The zero-order chi connectivity index (χ0) is 30.0. The van der Waals surface area contributed by atoms with Crippen LogP contribution in [0.25, 0.3) is 11.1 Å². The van der Waals surface area contributed by atoms with E-state index in [9.17, 15) is 19.2 Å². The van der Waals surface area contributed by atoms with E-state index in [2.05, 4.69) is 21.5 Å². The number of aromatic nitrogens is 3. The number of aromatic amines is 1. The van der Waals surface area contributed by atoms with Gasteiger partial charge in [0.1, 0.15) is 29.2 Å². The van der Waals surface area contributed by atoms with E-state index >= 15 is 8.78 Å². The van der Waals surface area contributed by atoms with Gasteiger partial charge in [0, 0.05) is 48.5 Å². The minimum atomic E-state index is -1.37. The second-order valence-corrected chi connectivity index (χ2v) is 11.9. The Bertz CT molecular complexity index is 1600. The molecule has 6 rings (SSSR count). The number of carbonyl (C=O) groups is 2. The molecule has 1 unspecified atom stereocenters. The number of nitrogens with zero attached hydrogens (tertiary/aromatic N) is 5. The first-order chi connectivity index (χ1) is 19.9. The molecule has 2 aromatic carbocycles. The number of cyclic esters (lactones) is 1. The Labute approximate surface area is 239 Å². The van der Waals surface area contributed by atoms with Crippen molar-refractivity contribution in [2.24, 2.45) is 11.8 Å². The van der Waals surface area contributed by atoms with Crippen LogP contribution in [0.5, 0.6) is 0 Å². The number of anilines is 1. The molecule has 1 aliphatic carbocycles. The third-order valence-corrected chi connectivity index (χ3v) is 8.03. The van der Waals surface area contributed by atoms with E-state index in [-0.39, 0.29) is 42.0 Å². The van der Waals surface area contributed by atoms with Crippen molar-refractivity contribution in [1.29, 1.82) is 5.26 Å². The summed E-state index contributed by atoms with van der Waals surface area (Å²) in [5.41, 5.74) is -1.53. The fraction of sp³-hybridized carbons (Fsp3) is 0.414. The van der Waals surface area contributed by atoms with Crippen molar-refractivity contribution < 1.29 is 32.2 Å². The number of ether oxygens (including phenoxy) is 2. The molecule has 3 fully saturated rings. The van der Waals surface area contributed by atoms with E-state index in [4.69, 9.17) is 9.47 Å². The summed E-state index contributed by atoms with van der Waals surface area (Å²) in [6.07, 6.45) is 0.132. The normalized spacial score (nSPS) is 24.8. The summed E-state index contributed by atoms with van der Waals surface area (Å²) in [6, 6.07) is 7.79. The molecule has 13 heteroatoms. The highest BCUT2D eigenvalue weighted by Crippen LogP contribution is 2.65. The minimum Gasteiger partial charge on any atom is -0.444 e. The van der Waals surface area contributed by atoms with E-state index in [0.29, 0.717) is 18.2 Å². The van der Waals surface area contributed by atoms with Gasteiger partial charge in [-0.1, -0.05) is 5.21 Å². The molecule has 0 bridgehead atoms. The zero-order valence-corrected chi connectivity index (χ0v) is 23.0. The van der Waals surface area contributed by atoms with Crippen LogP contribution in [0.1, 0.15) is 32.0 Å². The van der Waals surface area contributed by atoms with Crippen molar-refractivity contribution in [1.82, 2.24) is 20.3 Å². The average molecular weight is 581 g/mol. The highest BCUT2D eigenvalue weighted by molar-refractivity contribution is 5.90. The van der Waals surface area contributed by atoms with Crippen molar-refractivity contribution >= 4 is 17.9 Å².